The number of fused-ring (bicyclic) bond motifs is 2. The van der Waals surface area contributed by atoms with Gasteiger partial charge in [-0.3, -0.25) is 23.7 Å². The molecule has 5 rings (SSSR count). The molecule has 36 heavy (non-hydrogen) atoms. The van der Waals surface area contributed by atoms with Crippen LogP contribution in [-0.2, 0) is 24.9 Å². The van der Waals surface area contributed by atoms with E-state index in [-0.39, 0.29) is 25.0 Å². The van der Waals surface area contributed by atoms with E-state index in [1.165, 1.54) is 9.13 Å². The third-order valence-electron chi connectivity index (χ3n) is 6.71. The highest BCUT2D eigenvalue weighted by Gasteiger charge is 2.27. The van der Waals surface area contributed by atoms with E-state index in [2.05, 4.69) is 15.2 Å². The van der Waals surface area contributed by atoms with Gasteiger partial charge in [-0.2, -0.15) is 4.98 Å². The van der Waals surface area contributed by atoms with Crippen molar-refractivity contribution in [2.75, 3.05) is 29.9 Å². The largest absolute Gasteiger partial charge is 0.341 e. The molecule has 1 saturated heterocycles. The molecule has 0 spiro atoms. The van der Waals surface area contributed by atoms with Gasteiger partial charge >= 0.3 is 5.69 Å². The van der Waals surface area contributed by atoms with Crippen LogP contribution in [-0.4, -0.2) is 56.0 Å². The number of allylic oxidation sites excluding steroid dienone is 2. The summed E-state index contributed by atoms with van der Waals surface area (Å²) in [5, 5.41) is 2.82. The molecule has 1 aromatic carbocycles. The number of rotatable bonds is 5. The Morgan fingerprint density at radius 2 is 2.00 bits per heavy atom. The van der Waals surface area contributed by atoms with Gasteiger partial charge in [0.05, 0.1) is 12.3 Å². The monoisotopic (exact) mass is 490 g/mol. The molecule has 3 aromatic rings. The number of aliphatic imine (C=N–C) groups is 1. The predicted octanol–water partition coefficient (Wildman–Crippen LogP) is 0.842. The Morgan fingerprint density at radius 1 is 1.19 bits per heavy atom. The number of imidazole rings is 1. The lowest BCUT2D eigenvalue weighted by Crippen LogP contribution is -2.44. The van der Waals surface area contributed by atoms with E-state index in [0.717, 1.165) is 19.4 Å². The van der Waals surface area contributed by atoms with Crippen LogP contribution < -0.4 is 27.2 Å². The number of benzene rings is 1. The normalized spacial score (nSPS) is 18.3. The maximum atomic E-state index is 13.9. The topological polar surface area (TPSA) is 133 Å². The van der Waals surface area contributed by atoms with Gasteiger partial charge in [-0.05, 0) is 25.8 Å². The first-order valence-electron chi connectivity index (χ1n) is 12.1. The van der Waals surface area contributed by atoms with Crippen LogP contribution in [0.4, 0.5) is 11.6 Å². The first kappa shape index (κ1) is 23.7. The molecule has 188 valence electrons. The Hall–Kier alpha value is -3.99. The Kier molecular flexibility index (Phi) is 6.31. The molecular weight excluding hydrogens is 460 g/mol. The van der Waals surface area contributed by atoms with E-state index < -0.39 is 11.2 Å². The zero-order valence-corrected chi connectivity index (χ0v) is 20.5. The van der Waals surface area contributed by atoms with Gasteiger partial charge in [0.1, 0.15) is 6.54 Å². The zero-order valence-electron chi connectivity index (χ0n) is 20.5. The minimum atomic E-state index is -0.492. The highest BCUT2D eigenvalue weighted by Crippen LogP contribution is 2.23. The minimum Gasteiger partial charge on any atom is -0.341 e. The number of para-hydroxylation sites is 1. The van der Waals surface area contributed by atoms with E-state index in [1.54, 1.807) is 13.1 Å². The van der Waals surface area contributed by atoms with Crippen LogP contribution in [0.15, 0.2) is 51.0 Å². The van der Waals surface area contributed by atoms with Crippen molar-refractivity contribution in [2.24, 2.45) is 17.8 Å². The summed E-state index contributed by atoms with van der Waals surface area (Å²) in [5.41, 5.74) is 7.75. The third kappa shape index (κ3) is 4.15. The zero-order chi connectivity index (χ0) is 25.4. The SMILES string of the molecule is C/C=C/Cn1c(N2CCC[C@@H](N)C2)nc2c1c(=O)n(CC1=NCC(=O)Nc3ccccc31)c(=O)n2C. The number of benzodiazepines with no additional fused rings is 1. The number of amides is 1. The predicted molar refractivity (Wildman–Crippen MR) is 140 cm³/mol. The van der Waals surface area contributed by atoms with E-state index >= 15 is 0 Å². The summed E-state index contributed by atoms with van der Waals surface area (Å²) in [6, 6.07) is 7.27. The summed E-state index contributed by atoms with van der Waals surface area (Å²) in [4.78, 5) is 50.7. The van der Waals surface area contributed by atoms with Gasteiger partial charge in [0.25, 0.3) is 5.56 Å². The number of nitrogens with two attached hydrogens (primary N) is 1. The number of anilines is 2. The maximum absolute atomic E-state index is 13.9. The molecule has 1 amide bonds. The average molecular weight is 491 g/mol. The molecule has 11 nitrogen and oxygen atoms in total. The second kappa shape index (κ2) is 9.57. The van der Waals surface area contributed by atoms with E-state index in [0.29, 0.717) is 47.2 Å². The Labute approximate surface area is 207 Å². The average Bonchev–Trinajstić information content (AvgIpc) is 3.18. The lowest BCUT2D eigenvalue weighted by Gasteiger charge is -2.31. The lowest BCUT2D eigenvalue weighted by atomic mass is 10.1. The molecule has 1 fully saturated rings. The van der Waals surface area contributed by atoms with E-state index in [4.69, 9.17) is 10.7 Å². The molecule has 2 aliphatic heterocycles. The van der Waals surface area contributed by atoms with Gasteiger partial charge in [-0.25, -0.2) is 4.79 Å². The fourth-order valence-electron chi connectivity index (χ4n) is 4.89. The van der Waals surface area contributed by atoms with Gasteiger partial charge in [-0.1, -0.05) is 30.4 Å². The van der Waals surface area contributed by atoms with Crippen LogP contribution in [0.2, 0.25) is 0 Å². The first-order valence-corrected chi connectivity index (χ1v) is 12.1. The van der Waals surface area contributed by atoms with Crippen molar-refractivity contribution >= 4 is 34.4 Å². The van der Waals surface area contributed by atoms with Crippen molar-refractivity contribution in [1.29, 1.82) is 0 Å². The molecule has 2 aliphatic rings. The third-order valence-corrected chi connectivity index (χ3v) is 6.71. The van der Waals surface area contributed by atoms with Crippen molar-refractivity contribution < 1.29 is 4.79 Å². The maximum Gasteiger partial charge on any atom is 0.332 e. The number of aryl methyl sites for hydroxylation is 1. The Balaban J connectivity index is 1.68. The van der Waals surface area contributed by atoms with Gasteiger partial charge in [0.2, 0.25) is 11.9 Å². The van der Waals surface area contributed by atoms with Crippen LogP contribution in [0.3, 0.4) is 0 Å². The number of hydrogen-bond donors (Lipinski definition) is 2. The standard InChI is InChI=1S/C25H30N8O3/c1-3-4-12-32-21-22(29-24(32)31-11-7-8-16(26)14-31)30(2)25(36)33(23(21)35)15-19-17-9-5-6-10-18(17)28-20(34)13-27-19/h3-6,9-10,16H,7-8,11-15,26H2,1-2H3,(H,28,34)/b4-3+/t16-/m1/s1. The molecule has 0 unspecified atom stereocenters. The Morgan fingerprint density at radius 3 is 2.78 bits per heavy atom. The molecule has 0 bridgehead atoms. The van der Waals surface area contributed by atoms with Crippen molar-refractivity contribution in [3.63, 3.8) is 0 Å². The van der Waals surface area contributed by atoms with Gasteiger partial charge in [-0.15, -0.1) is 0 Å². The van der Waals surface area contributed by atoms with Crippen molar-refractivity contribution in [2.45, 2.75) is 38.9 Å². The molecule has 1 atom stereocenters. The fourth-order valence-corrected chi connectivity index (χ4v) is 4.89. The van der Waals surface area contributed by atoms with E-state index in [1.807, 2.05) is 41.8 Å². The van der Waals surface area contributed by atoms with Crippen LogP contribution in [0.1, 0.15) is 25.3 Å². The first-order chi connectivity index (χ1) is 17.4. The number of carbonyl (C=O) groups excluding carboxylic acids is 1. The second-order valence-corrected chi connectivity index (χ2v) is 9.20. The quantitative estimate of drug-likeness (QED) is 0.510. The molecule has 2 aromatic heterocycles. The summed E-state index contributed by atoms with van der Waals surface area (Å²) in [7, 11) is 1.62. The van der Waals surface area contributed by atoms with Gasteiger partial charge in [0.15, 0.2) is 11.2 Å². The van der Waals surface area contributed by atoms with Gasteiger partial charge < -0.3 is 20.5 Å². The summed E-state index contributed by atoms with van der Waals surface area (Å²) in [6.45, 7) is 3.62. The lowest BCUT2D eigenvalue weighted by molar-refractivity contribution is -0.114. The van der Waals surface area contributed by atoms with Gasteiger partial charge in [0, 0.05) is 44.0 Å². The highest BCUT2D eigenvalue weighted by atomic mass is 16.2. The number of piperidine rings is 1. The number of hydrogen-bond acceptors (Lipinski definition) is 7. The van der Waals surface area contributed by atoms with Crippen molar-refractivity contribution in [1.82, 2.24) is 18.7 Å². The molecular formula is C25H30N8O3. The van der Waals surface area contributed by atoms with Crippen molar-refractivity contribution in [3.8, 4) is 0 Å². The Bertz CT molecular complexity index is 1510. The number of carbonyl (C=O) groups is 1. The molecule has 0 radical (unpaired) electrons. The summed E-state index contributed by atoms with van der Waals surface area (Å²) in [6.07, 6.45) is 5.74. The number of aromatic nitrogens is 4. The summed E-state index contributed by atoms with van der Waals surface area (Å²) >= 11 is 0. The number of nitrogens with zero attached hydrogens (tertiary/aromatic N) is 6. The molecule has 3 N–H and O–H groups in total. The summed E-state index contributed by atoms with van der Waals surface area (Å²) in [5.74, 6) is 0.386. The fraction of sp³-hybridized carbons (Fsp3) is 0.400. The molecule has 4 heterocycles. The molecule has 11 heteroatoms. The van der Waals surface area contributed by atoms with Crippen LogP contribution in [0.25, 0.3) is 11.2 Å². The minimum absolute atomic E-state index is 0.0267. The van der Waals surface area contributed by atoms with Crippen molar-refractivity contribution in [3.05, 3.63) is 62.8 Å². The summed E-state index contributed by atoms with van der Waals surface area (Å²) < 4.78 is 4.44. The molecule has 0 saturated carbocycles. The molecule has 0 aliphatic carbocycles. The number of nitrogens with one attached hydrogen (secondary N) is 1. The van der Waals surface area contributed by atoms with Crippen LogP contribution >= 0.6 is 0 Å². The second-order valence-electron chi connectivity index (χ2n) is 9.20. The van der Waals surface area contributed by atoms with Crippen LogP contribution in [0, 0.1) is 0 Å². The smallest absolute Gasteiger partial charge is 0.332 e. The van der Waals surface area contributed by atoms with E-state index in [9.17, 15) is 14.4 Å². The highest BCUT2D eigenvalue weighted by molar-refractivity contribution is 6.10. The van der Waals surface area contributed by atoms with Crippen LogP contribution in [0.5, 0.6) is 0 Å².